The van der Waals surface area contributed by atoms with E-state index in [2.05, 4.69) is 29.8 Å². The van der Waals surface area contributed by atoms with Crippen LogP contribution in [-0.2, 0) is 11.3 Å². The molecule has 0 aliphatic heterocycles. The Hall–Kier alpha value is -1.43. The summed E-state index contributed by atoms with van der Waals surface area (Å²) in [4.78, 5) is 4.69. The molecule has 1 atom stereocenters. The first-order valence-electron chi connectivity index (χ1n) is 7.22. The van der Waals surface area contributed by atoms with Crippen LogP contribution in [0.25, 0.3) is 10.6 Å². The van der Waals surface area contributed by atoms with Crippen LogP contribution in [0, 0.1) is 0 Å². The molecule has 1 aromatic carbocycles. The number of ether oxygens (including phenoxy) is 2. The number of hydrogen-bond acceptors (Lipinski definition) is 4. The van der Waals surface area contributed by atoms with Crippen LogP contribution < -0.4 is 10.1 Å². The van der Waals surface area contributed by atoms with Gasteiger partial charge < -0.3 is 14.8 Å². The molecule has 0 unspecified atom stereocenters. The van der Waals surface area contributed by atoms with Crippen molar-refractivity contribution in [2.75, 3.05) is 20.3 Å². The molecule has 0 amide bonds. The lowest BCUT2D eigenvalue weighted by Gasteiger charge is -2.07. The summed E-state index contributed by atoms with van der Waals surface area (Å²) >= 11 is 1.68. The Kier molecular flexibility index (Phi) is 6.17. The number of nitrogens with zero attached hydrogens (tertiary/aromatic N) is 1. The SMILES string of the molecule is CCOc1ccc(-c2nc(C[NH2+][C@@H](C)COC)cs2)cc1. The van der Waals surface area contributed by atoms with Gasteiger partial charge in [-0.3, -0.25) is 0 Å². The van der Waals surface area contributed by atoms with Gasteiger partial charge in [-0.05, 0) is 38.1 Å². The quantitative estimate of drug-likeness (QED) is 0.814. The molecule has 0 saturated carbocycles. The predicted octanol–water partition coefficient (Wildman–Crippen LogP) is 2.31. The average molecular weight is 307 g/mol. The molecule has 0 aliphatic carbocycles. The van der Waals surface area contributed by atoms with E-state index in [1.807, 2.05) is 19.1 Å². The Balaban J connectivity index is 1.95. The van der Waals surface area contributed by atoms with Gasteiger partial charge >= 0.3 is 0 Å². The lowest BCUT2D eigenvalue weighted by molar-refractivity contribution is -0.703. The largest absolute Gasteiger partial charge is 0.494 e. The number of methoxy groups -OCH3 is 1. The van der Waals surface area contributed by atoms with Crippen molar-refractivity contribution in [1.29, 1.82) is 0 Å². The van der Waals surface area contributed by atoms with Gasteiger partial charge in [0.05, 0.1) is 13.2 Å². The molecule has 0 saturated heterocycles. The zero-order valence-corrected chi connectivity index (χ0v) is 13.7. The molecule has 0 spiro atoms. The summed E-state index contributed by atoms with van der Waals surface area (Å²) in [5.74, 6) is 0.903. The van der Waals surface area contributed by atoms with Gasteiger partial charge in [0.15, 0.2) is 0 Å². The summed E-state index contributed by atoms with van der Waals surface area (Å²) in [5, 5.41) is 5.43. The zero-order chi connectivity index (χ0) is 15.1. The highest BCUT2D eigenvalue weighted by Crippen LogP contribution is 2.25. The van der Waals surface area contributed by atoms with Gasteiger partial charge in [0.1, 0.15) is 29.0 Å². The van der Waals surface area contributed by atoms with Crippen LogP contribution in [0.5, 0.6) is 5.75 Å². The minimum Gasteiger partial charge on any atom is -0.494 e. The summed E-state index contributed by atoms with van der Waals surface area (Å²) in [7, 11) is 1.73. The number of benzene rings is 1. The van der Waals surface area contributed by atoms with Crippen molar-refractivity contribution in [2.24, 2.45) is 0 Å². The molecule has 5 heteroatoms. The summed E-state index contributed by atoms with van der Waals surface area (Å²) in [5.41, 5.74) is 2.26. The second-order valence-electron chi connectivity index (χ2n) is 4.97. The molecule has 21 heavy (non-hydrogen) atoms. The fourth-order valence-corrected chi connectivity index (χ4v) is 2.89. The molecule has 0 radical (unpaired) electrons. The van der Waals surface area contributed by atoms with Gasteiger partial charge in [0.25, 0.3) is 0 Å². The first kappa shape index (κ1) is 15.9. The van der Waals surface area contributed by atoms with Crippen LogP contribution in [0.15, 0.2) is 29.6 Å². The van der Waals surface area contributed by atoms with Crippen molar-refractivity contribution in [1.82, 2.24) is 4.98 Å². The third-order valence-electron chi connectivity index (χ3n) is 3.12. The van der Waals surface area contributed by atoms with Crippen molar-refractivity contribution < 1.29 is 14.8 Å². The molecule has 4 nitrogen and oxygen atoms in total. The molecule has 0 bridgehead atoms. The Labute approximate surface area is 130 Å². The highest BCUT2D eigenvalue weighted by atomic mass is 32.1. The van der Waals surface area contributed by atoms with Crippen molar-refractivity contribution in [2.45, 2.75) is 26.4 Å². The number of aromatic nitrogens is 1. The summed E-state index contributed by atoms with van der Waals surface area (Å²) in [6.07, 6.45) is 0. The molecule has 114 valence electrons. The Morgan fingerprint density at radius 2 is 2.05 bits per heavy atom. The van der Waals surface area contributed by atoms with Crippen LogP contribution in [0.3, 0.4) is 0 Å². The van der Waals surface area contributed by atoms with Crippen molar-refractivity contribution in [3.05, 3.63) is 35.3 Å². The Bertz CT molecular complexity index is 539. The maximum Gasteiger partial charge on any atom is 0.123 e. The monoisotopic (exact) mass is 307 g/mol. The molecular weight excluding hydrogens is 284 g/mol. The smallest absolute Gasteiger partial charge is 0.123 e. The summed E-state index contributed by atoms with van der Waals surface area (Å²) in [6.45, 7) is 6.48. The maximum atomic E-state index is 5.46. The maximum absolute atomic E-state index is 5.46. The fraction of sp³-hybridized carbons (Fsp3) is 0.438. The van der Waals surface area contributed by atoms with E-state index < -0.39 is 0 Å². The van der Waals surface area contributed by atoms with Crippen LogP contribution in [-0.4, -0.2) is 31.3 Å². The van der Waals surface area contributed by atoms with Gasteiger partial charge in [-0.1, -0.05) is 0 Å². The molecule has 2 rings (SSSR count). The van der Waals surface area contributed by atoms with Gasteiger partial charge in [-0.15, -0.1) is 11.3 Å². The first-order valence-corrected chi connectivity index (χ1v) is 8.10. The van der Waals surface area contributed by atoms with Gasteiger partial charge in [-0.25, -0.2) is 4.98 Å². The van der Waals surface area contributed by atoms with Gasteiger partial charge in [-0.2, -0.15) is 0 Å². The standard InChI is InChI=1S/C16H22N2O2S/c1-4-20-15-7-5-13(6-8-15)16-18-14(11-21-16)9-17-12(2)10-19-3/h5-8,11-12,17H,4,9-10H2,1-3H3/p+1/t12-/m0/s1. The van der Waals surface area contributed by atoms with E-state index in [0.717, 1.165) is 35.2 Å². The summed E-state index contributed by atoms with van der Waals surface area (Å²) < 4.78 is 10.6. The number of hydrogen-bond donors (Lipinski definition) is 1. The second-order valence-corrected chi connectivity index (χ2v) is 5.83. The molecule has 2 N–H and O–H groups in total. The normalized spacial score (nSPS) is 12.3. The van der Waals surface area contributed by atoms with E-state index in [1.54, 1.807) is 18.4 Å². The third-order valence-corrected chi connectivity index (χ3v) is 4.06. The van der Waals surface area contributed by atoms with E-state index in [4.69, 9.17) is 14.5 Å². The molecule has 1 heterocycles. The number of thiazole rings is 1. The van der Waals surface area contributed by atoms with Crippen molar-refractivity contribution in [3.63, 3.8) is 0 Å². The molecule has 0 fully saturated rings. The zero-order valence-electron chi connectivity index (χ0n) is 12.8. The third kappa shape index (κ3) is 4.81. The van der Waals surface area contributed by atoms with E-state index in [1.165, 1.54) is 0 Å². The Morgan fingerprint density at radius 3 is 2.71 bits per heavy atom. The second kappa shape index (κ2) is 8.12. The molecule has 2 aromatic rings. The lowest BCUT2D eigenvalue weighted by Crippen LogP contribution is -2.88. The average Bonchev–Trinajstić information content (AvgIpc) is 2.95. The van der Waals surface area contributed by atoms with Crippen LogP contribution >= 0.6 is 11.3 Å². The Morgan fingerprint density at radius 1 is 1.29 bits per heavy atom. The first-order chi connectivity index (χ1) is 10.2. The van der Waals surface area contributed by atoms with Crippen molar-refractivity contribution in [3.8, 4) is 16.3 Å². The minimum absolute atomic E-state index is 0.450. The van der Waals surface area contributed by atoms with Gasteiger partial charge in [0, 0.05) is 18.1 Å². The van der Waals surface area contributed by atoms with Crippen molar-refractivity contribution >= 4 is 11.3 Å². The topological polar surface area (TPSA) is 48.0 Å². The van der Waals surface area contributed by atoms with E-state index in [-0.39, 0.29) is 0 Å². The van der Waals surface area contributed by atoms with Gasteiger partial charge in [0.2, 0.25) is 0 Å². The lowest BCUT2D eigenvalue weighted by atomic mass is 10.2. The summed E-state index contributed by atoms with van der Waals surface area (Å²) in [6, 6.07) is 8.56. The molecular formula is C16H23N2O2S+. The number of nitrogens with two attached hydrogens (primary N) is 1. The highest BCUT2D eigenvalue weighted by molar-refractivity contribution is 7.13. The van der Waals surface area contributed by atoms with Crippen LogP contribution in [0.4, 0.5) is 0 Å². The van der Waals surface area contributed by atoms with E-state index >= 15 is 0 Å². The van der Waals surface area contributed by atoms with Crippen LogP contribution in [0.2, 0.25) is 0 Å². The molecule has 1 aromatic heterocycles. The van der Waals surface area contributed by atoms with E-state index in [9.17, 15) is 0 Å². The number of rotatable bonds is 8. The highest BCUT2D eigenvalue weighted by Gasteiger charge is 2.09. The van der Waals surface area contributed by atoms with E-state index in [0.29, 0.717) is 12.6 Å². The number of quaternary nitrogens is 1. The minimum atomic E-state index is 0.450. The van der Waals surface area contributed by atoms with Crippen LogP contribution in [0.1, 0.15) is 19.5 Å². The fourth-order valence-electron chi connectivity index (χ4n) is 2.05. The predicted molar refractivity (Wildman–Crippen MR) is 85.7 cm³/mol. The molecule has 0 aliphatic rings.